The van der Waals surface area contributed by atoms with E-state index in [2.05, 4.69) is 11.4 Å². The molecular weight excluding hydrogens is 244 g/mol. The Morgan fingerprint density at radius 1 is 1.42 bits per heavy atom. The maximum Gasteiger partial charge on any atom is 0.311 e. The van der Waals surface area contributed by atoms with Gasteiger partial charge in [0.1, 0.15) is 6.07 Å². The van der Waals surface area contributed by atoms with Gasteiger partial charge in [0.05, 0.1) is 16.7 Å². The van der Waals surface area contributed by atoms with Crippen molar-refractivity contribution in [2.45, 2.75) is 12.8 Å². The number of nitrogens with one attached hydrogen (secondary N) is 1. The van der Waals surface area contributed by atoms with E-state index in [9.17, 15) is 9.90 Å². The van der Waals surface area contributed by atoms with E-state index in [1.807, 2.05) is 6.07 Å². The van der Waals surface area contributed by atoms with Gasteiger partial charge in [-0.3, -0.25) is 4.79 Å². The zero-order valence-corrected chi connectivity index (χ0v) is 10.6. The number of hydrogen-bond donors (Lipinski definition) is 2. The summed E-state index contributed by atoms with van der Waals surface area (Å²) >= 11 is 0. The summed E-state index contributed by atoms with van der Waals surface area (Å²) in [5, 5.41) is 21.5. The first-order valence-corrected chi connectivity index (χ1v) is 6.22. The van der Waals surface area contributed by atoms with Gasteiger partial charge in [0.15, 0.2) is 0 Å². The lowest BCUT2D eigenvalue weighted by Gasteiger charge is -2.33. The second-order valence-electron chi connectivity index (χ2n) is 4.71. The monoisotopic (exact) mass is 260 g/mol. The van der Waals surface area contributed by atoms with Crippen molar-refractivity contribution >= 4 is 11.7 Å². The van der Waals surface area contributed by atoms with Crippen molar-refractivity contribution in [2.75, 3.05) is 25.1 Å². The Morgan fingerprint density at radius 2 is 2.11 bits per heavy atom. The van der Waals surface area contributed by atoms with Crippen LogP contribution in [0, 0.1) is 16.7 Å². The van der Waals surface area contributed by atoms with Crippen LogP contribution in [-0.2, 0) is 9.53 Å². The number of nitrogens with zero attached hydrogens (tertiary/aromatic N) is 1. The average Bonchev–Trinajstić information content (AvgIpc) is 2.46. The summed E-state index contributed by atoms with van der Waals surface area (Å²) in [7, 11) is 0. The van der Waals surface area contributed by atoms with Crippen molar-refractivity contribution in [2.24, 2.45) is 5.41 Å². The molecule has 1 aromatic rings. The number of benzene rings is 1. The van der Waals surface area contributed by atoms with E-state index >= 15 is 0 Å². The van der Waals surface area contributed by atoms with Crippen molar-refractivity contribution in [3.63, 3.8) is 0 Å². The van der Waals surface area contributed by atoms with Crippen molar-refractivity contribution in [3.8, 4) is 6.07 Å². The van der Waals surface area contributed by atoms with Crippen LogP contribution in [0.5, 0.6) is 0 Å². The Labute approximate surface area is 111 Å². The van der Waals surface area contributed by atoms with Gasteiger partial charge in [0.25, 0.3) is 0 Å². The third-order valence-corrected chi connectivity index (χ3v) is 3.57. The van der Waals surface area contributed by atoms with Crippen LogP contribution in [0.3, 0.4) is 0 Å². The number of aliphatic carboxylic acids is 1. The zero-order valence-electron chi connectivity index (χ0n) is 10.6. The molecule has 2 rings (SSSR count). The minimum absolute atomic E-state index is 0.310. The molecule has 1 aromatic carbocycles. The lowest BCUT2D eigenvalue weighted by molar-refractivity contribution is -0.153. The van der Waals surface area contributed by atoms with E-state index < -0.39 is 11.4 Å². The van der Waals surface area contributed by atoms with Gasteiger partial charge < -0.3 is 15.2 Å². The number of carboxylic acids is 1. The number of rotatable bonds is 4. The molecule has 0 aliphatic carbocycles. The van der Waals surface area contributed by atoms with Crippen LogP contribution in [0.4, 0.5) is 5.69 Å². The summed E-state index contributed by atoms with van der Waals surface area (Å²) in [6.45, 7) is 1.24. The molecule has 0 radical (unpaired) electrons. The molecule has 0 unspecified atom stereocenters. The maximum atomic E-state index is 11.5. The third-order valence-electron chi connectivity index (χ3n) is 3.57. The third kappa shape index (κ3) is 2.85. The second kappa shape index (κ2) is 5.72. The lowest BCUT2D eigenvalue weighted by atomic mass is 9.80. The zero-order chi connectivity index (χ0) is 13.7. The number of hydrogen-bond acceptors (Lipinski definition) is 4. The van der Waals surface area contributed by atoms with Crippen molar-refractivity contribution < 1.29 is 14.6 Å². The molecule has 2 N–H and O–H groups in total. The van der Waals surface area contributed by atoms with Crippen LogP contribution in [-0.4, -0.2) is 30.8 Å². The van der Waals surface area contributed by atoms with Crippen molar-refractivity contribution in [1.29, 1.82) is 5.26 Å². The standard InChI is InChI=1S/C14H16N2O3/c15-9-11-3-1-2-4-12(11)16-10-14(13(17)18)5-7-19-8-6-14/h1-4,16H,5-8,10H2,(H,17,18). The quantitative estimate of drug-likeness (QED) is 0.863. The predicted molar refractivity (Wildman–Crippen MR) is 69.8 cm³/mol. The smallest absolute Gasteiger partial charge is 0.311 e. The van der Waals surface area contributed by atoms with Gasteiger partial charge in [-0.25, -0.2) is 0 Å². The molecule has 1 heterocycles. The molecule has 1 fully saturated rings. The van der Waals surface area contributed by atoms with Crippen LogP contribution in [0.25, 0.3) is 0 Å². The first kappa shape index (κ1) is 13.4. The molecule has 1 saturated heterocycles. The Hall–Kier alpha value is -2.06. The van der Waals surface area contributed by atoms with Gasteiger partial charge in [-0.1, -0.05) is 12.1 Å². The number of para-hydroxylation sites is 1. The second-order valence-corrected chi connectivity index (χ2v) is 4.71. The number of nitriles is 1. The van der Waals surface area contributed by atoms with E-state index in [0.717, 1.165) is 0 Å². The van der Waals surface area contributed by atoms with E-state index in [1.165, 1.54) is 0 Å². The van der Waals surface area contributed by atoms with Gasteiger partial charge in [-0.15, -0.1) is 0 Å². The molecule has 19 heavy (non-hydrogen) atoms. The summed E-state index contributed by atoms with van der Waals surface area (Å²) in [5.74, 6) is -0.808. The average molecular weight is 260 g/mol. The van der Waals surface area contributed by atoms with Gasteiger partial charge >= 0.3 is 5.97 Å². The molecule has 0 spiro atoms. The van der Waals surface area contributed by atoms with Gasteiger partial charge in [0.2, 0.25) is 0 Å². The van der Waals surface area contributed by atoms with Crippen LogP contribution in [0.2, 0.25) is 0 Å². The number of carbonyl (C=O) groups is 1. The number of anilines is 1. The molecule has 1 aliphatic rings. The summed E-state index contributed by atoms with van der Waals surface area (Å²) in [5.41, 5.74) is 0.396. The molecule has 5 nitrogen and oxygen atoms in total. The molecule has 100 valence electrons. The highest BCUT2D eigenvalue weighted by Gasteiger charge is 2.40. The number of carboxylic acid groups (broad SMARTS) is 1. The molecule has 0 aromatic heterocycles. The summed E-state index contributed by atoms with van der Waals surface area (Å²) in [6, 6.07) is 9.19. The SMILES string of the molecule is N#Cc1ccccc1NCC1(C(=O)O)CCOCC1. The lowest BCUT2D eigenvalue weighted by Crippen LogP contribution is -2.42. The molecule has 5 heteroatoms. The number of ether oxygens (including phenoxy) is 1. The summed E-state index contributed by atoms with van der Waals surface area (Å²) < 4.78 is 5.23. The Bertz CT molecular complexity index is 502. The van der Waals surface area contributed by atoms with E-state index in [4.69, 9.17) is 10.00 Å². The highest BCUT2D eigenvalue weighted by molar-refractivity contribution is 5.76. The highest BCUT2D eigenvalue weighted by Crippen LogP contribution is 2.31. The summed E-state index contributed by atoms with van der Waals surface area (Å²) in [6.07, 6.45) is 0.980. The maximum absolute atomic E-state index is 11.5. The molecule has 0 saturated carbocycles. The summed E-state index contributed by atoms with van der Waals surface area (Å²) in [4.78, 5) is 11.5. The topological polar surface area (TPSA) is 82.4 Å². The first-order valence-electron chi connectivity index (χ1n) is 6.22. The Balaban J connectivity index is 2.11. The molecular formula is C14H16N2O3. The fourth-order valence-corrected chi connectivity index (χ4v) is 2.23. The molecule has 0 bridgehead atoms. The van der Waals surface area contributed by atoms with E-state index in [-0.39, 0.29) is 0 Å². The van der Waals surface area contributed by atoms with Crippen LogP contribution in [0.15, 0.2) is 24.3 Å². The highest BCUT2D eigenvalue weighted by atomic mass is 16.5. The minimum atomic E-state index is -0.808. The molecule has 0 amide bonds. The van der Waals surface area contributed by atoms with Crippen molar-refractivity contribution in [1.82, 2.24) is 0 Å². The Morgan fingerprint density at radius 3 is 2.74 bits per heavy atom. The van der Waals surface area contributed by atoms with Gasteiger partial charge in [-0.05, 0) is 25.0 Å². The fraction of sp³-hybridized carbons (Fsp3) is 0.429. The fourth-order valence-electron chi connectivity index (χ4n) is 2.23. The molecule has 1 aliphatic heterocycles. The van der Waals surface area contributed by atoms with Crippen molar-refractivity contribution in [3.05, 3.63) is 29.8 Å². The van der Waals surface area contributed by atoms with Crippen LogP contribution < -0.4 is 5.32 Å². The van der Waals surface area contributed by atoms with Gasteiger partial charge in [-0.2, -0.15) is 5.26 Å². The molecule has 0 atom stereocenters. The minimum Gasteiger partial charge on any atom is -0.481 e. The largest absolute Gasteiger partial charge is 0.481 e. The first-order chi connectivity index (χ1) is 9.18. The Kier molecular flexibility index (Phi) is 4.03. The van der Waals surface area contributed by atoms with Crippen LogP contribution >= 0.6 is 0 Å². The van der Waals surface area contributed by atoms with E-state index in [0.29, 0.717) is 43.9 Å². The van der Waals surface area contributed by atoms with Gasteiger partial charge in [0, 0.05) is 19.8 Å². The normalized spacial score (nSPS) is 17.4. The van der Waals surface area contributed by atoms with E-state index in [1.54, 1.807) is 18.2 Å². The van der Waals surface area contributed by atoms with Crippen LogP contribution in [0.1, 0.15) is 18.4 Å². The predicted octanol–water partition coefficient (Wildman–Crippen LogP) is 1.85.